The van der Waals surface area contributed by atoms with Crippen LogP contribution in [-0.4, -0.2) is 22.4 Å². The molecule has 1 aliphatic carbocycles. The number of aliphatic hydroxyl groups is 2. The van der Waals surface area contributed by atoms with Gasteiger partial charge in [0, 0.05) is 0 Å². The Hall–Kier alpha value is -1.22. The number of aliphatic hydroxyl groups excluding tert-OH is 2. The van der Waals surface area contributed by atoms with Crippen LogP contribution in [0.1, 0.15) is 27.7 Å². The van der Waals surface area contributed by atoms with E-state index < -0.39 is 23.0 Å². The van der Waals surface area contributed by atoms with Crippen molar-refractivity contribution in [3.8, 4) is 23.7 Å². The maximum absolute atomic E-state index is 10.1. The van der Waals surface area contributed by atoms with Gasteiger partial charge in [-0.1, -0.05) is 23.7 Å². The molecule has 0 saturated heterocycles. The van der Waals surface area contributed by atoms with Gasteiger partial charge in [0.05, 0.1) is 23.0 Å². The summed E-state index contributed by atoms with van der Waals surface area (Å²) < 4.78 is 0. The molecule has 0 aromatic rings. The zero-order chi connectivity index (χ0) is 12.4. The predicted octanol–water partition coefficient (Wildman–Crippen LogP) is 1.34. The molecule has 86 valence electrons. The highest BCUT2D eigenvalue weighted by atomic mass is 16.3. The van der Waals surface area contributed by atoms with Gasteiger partial charge in [-0.15, -0.1) is 0 Å². The van der Waals surface area contributed by atoms with Crippen LogP contribution in [0.5, 0.6) is 0 Å². The third-order valence-corrected chi connectivity index (χ3v) is 2.82. The molecule has 0 aliphatic heterocycles. The van der Waals surface area contributed by atoms with Gasteiger partial charge in [0.2, 0.25) is 0 Å². The van der Waals surface area contributed by atoms with E-state index in [0.29, 0.717) is 0 Å². The van der Waals surface area contributed by atoms with Crippen molar-refractivity contribution in [2.45, 2.75) is 39.9 Å². The molecular weight excluding hydrogens is 200 g/mol. The molecule has 1 aliphatic rings. The van der Waals surface area contributed by atoms with Crippen LogP contribution in [0.3, 0.4) is 0 Å². The molecule has 0 radical (unpaired) electrons. The van der Waals surface area contributed by atoms with Gasteiger partial charge in [-0.3, -0.25) is 0 Å². The SMILES string of the molecule is CC1(C)C#C/C=C\C#CC(C)(C)[C@@H](O)[C@@H]1O. The fourth-order valence-corrected chi connectivity index (χ4v) is 1.48. The van der Waals surface area contributed by atoms with E-state index in [1.807, 2.05) is 27.7 Å². The highest BCUT2D eigenvalue weighted by Gasteiger charge is 2.39. The van der Waals surface area contributed by atoms with E-state index in [-0.39, 0.29) is 0 Å². The number of hydrogen-bond donors (Lipinski definition) is 2. The molecule has 0 bridgehead atoms. The van der Waals surface area contributed by atoms with Gasteiger partial charge >= 0.3 is 0 Å². The standard InChI is InChI=1S/C14H18O2/c1-13(2)9-7-5-6-8-10-14(3,4)12(16)11(13)15/h5-6,11-12,15-16H,1-4H3/b6-5-/t11-,12-/m0/s1. The molecule has 0 aromatic carbocycles. The summed E-state index contributed by atoms with van der Waals surface area (Å²) >= 11 is 0. The zero-order valence-electron chi connectivity index (χ0n) is 10.2. The first kappa shape index (κ1) is 12.8. The van der Waals surface area contributed by atoms with Crippen molar-refractivity contribution >= 4 is 0 Å². The Balaban J connectivity index is 3.20. The molecule has 0 fully saturated rings. The molecule has 0 saturated carbocycles. The monoisotopic (exact) mass is 218 g/mol. The van der Waals surface area contributed by atoms with E-state index in [4.69, 9.17) is 0 Å². The summed E-state index contributed by atoms with van der Waals surface area (Å²) in [5.41, 5.74) is -1.31. The molecule has 0 heterocycles. The van der Waals surface area contributed by atoms with Gasteiger partial charge in [-0.2, -0.15) is 0 Å². The zero-order valence-corrected chi connectivity index (χ0v) is 10.2. The summed E-state index contributed by atoms with van der Waals surface area (Å²) in [5, 5.41) is 20.2. The predicted molar refractivity (Wildman–Crippen MR) is 64.3 cm³/mol. The Kier molecular flexibility index (Phi) is 3.48. The highest BCUT2D eigenvalue weighted by Crippen LogP contribution is 2.31. The van der Waals surface area contributed by atoms with Crippen molar-refractivity contribution in [3.05, 3.63) is 12.2 Å². The summed E-state index contributed by atoms with van der Waals surface area (Å²) in [7, 11) is 0. The number of rotatable bonds is 0. The summed E-state index contributed by atoms with van der Waals surface area (Å²) in [4.78, 5) is 0. The average Bonchev–Trinajstić information content (AvgIpc) is 2.19. The molecule has 16 heavy (non-hydrogen) atoms. The first-order chi connectivity index (χ1) is 7.27. The van der Waals surface area contributed by atoms with Crippen LogP contribution in [0, 0.1) is 34.5 Å². The molecule has 2 heteroatoms. The van der Waals surface area contributed by atoms with E-state index in [0.717, 1.165) is 0 Å². The van der Waals surface area contributed by atoms with E-state index >= 15 is 0 Å². The fraction of sp³-hybridized carbons (Fsp3) is 0.571. The Morgan fingerprint density at radius 2 is 1.12 bits per heavy atom. The van der Waals surface area contributed by atoms with Crippen LogP contribution in [0.4, 0.5) is 0 Å². The molecule has 2 N–H and O–H groups in total. The third-order valence-electron chi connectivity index (χ3n) is 2.82. The Morgan fingerprint density at radius 3 is 1.44 bits per heavy atom. The molecule has 0 unspecified atom stereocenters. The lowest BCUT2D eigenvalue weighted by Crippen LogP contribution is -2.46. The Morgan fingerprint density at radius 1 is 0.812 bits per heavy atom. The largest absolute Gasteiger partial charge is 0.389 e. The minimum atomic E-state index is -0.921. The van der Waals surface area contributed by atoms with Crippen molar-refractivity contribution in [1.29, 1.82) is 0 Å². The van der Waals surface area contributed by atoms with Crippen molar-refractivity contribution in [2.75, 3.05) is 0 Å². The molecule has 0 amide bonds. The lowest BCUT2D eigenvalue weighted by atomic mass is 9.74. The summed E-state index contributed by atoms with van der Waals surface area (Å²) in [6.07, 6.45) is 1.48. The Labute approximate surface area is 97.4 Å². The maximum Gasteiger partial charge on any atom is 0.0973 e. The van der Waals surface area contributed by atoms with Gasteiger partial charge in [0.15, 0.2) is 0 Å². The minimum Gasteiger partial charge on any atom is -0.389 e. The van der Waals surface area contributed by atoms with Gasteiger partial charge in [-0.25, -0.2) is 0 Å². The third kappa shape index (κ3) is 2.67. The summed E-state index contributed by atoms with van der Waals surface area (Å²) in [6.45, 7) is 7.25. The quantitative estimate of drug-likeness (QED) is 0.602. The van der Waals surface area contributed by atoms with Crippen molar-refractivity contribution in [3.63, 3.8) is 0 Å². The first-order valence-corrected chi connectivity index (χ1v) is 5.34. The number of allylic oxidation sites excluding steroid dienone is 2. The van der Waals surface area contributed by atoms with E-state index in [2.05, 4.69) is 23.7 Å². The second-order valence-electron chi connectivity index (χ2n) is 5.21. The van der Waals surface area contributed by atoms with Crippen LogP contribution < -0.4 is 0 Å². The second-order valence-corrected chi connectivity index (χ2v) is 5.21. The lowest BCUT2D eigenvalue weighted by Gasteiger charge is -2.35. The topological polar surface area (TPSA) is 40.5 Å². The van der Waals surface area contributed by atoms with Crippen LogP contribution in [0.2, 0.25) is 0 Å². The van der Waals surface area contributed by atoms with Crippen molar-refractivity contribution in [2.24, 2.45) is 10.8 Å². The van der Waals surface area contributed by atoms with Gasteiger partial charge in [0.25, 0.3) is 0 Å². The fourth-order valence-electron chi connectivity index (χ4n) is 1.48. The van der Waals surface area contributed by atoms with Crippen molar-refractivity contribution in [1.82, 2.24) is 0 Å². The number of hydrogen-bond acceptors (Lipinski definition) is 2. The van der Waals surface area contributed by atoms with Gasteiger partial charge < -0.3 is 10.2 Å². The molecule has 0 aromatic heterocycles. The van der Waals surface area contributed by atoms with Crippen molar-refractivity contribution < 1.29 is 10.2 Å². The summed E-state index contributed by atoms with van der Waals surface area (Å²) in [5.74, 6) is 11.5. The molecule has 2 nitrogen and oxygen atoms in total. The molecule has 2 atom stereocenters. The molecular formula is C14H18O2. The lowest BCUT2D eigenvalue weighted by molar-refractivity contribution is -0.0689. The van der Waals surface area contributed by atoms with E-state index in [1.165, 1.54) is 0 Å². The normalized spacial score (nSPS) is 32.6. The maximum atomic E-state index is 10.1. The van der Waals surface area contributed by atoms with Crippen LogP contribution in [0.25, 0.3) is 0 Å². The van der Waals surface area contributed by atoms with Crippen LogP contribution in [0.15, 0.2) is 12.2 Å². The average molecular weight is 218 g/mol. The summed E-state index contributed by atoms with van der Waals surface area (Å²) in [6, 6.07) is 0. The second kappa shape index (κ2) is 4.34. The molecule has 0 spiro atoms. The van der Waals surface area contributed by atoms with E-state index in [9.17, 15) is 10.2 Å². The van der Waals surface area contributed by atoms with Crippen LogP contribution >= 0.6 is 0 Å². The van der Waals surface area contributed by atoms with Crippen LogP contribution in [-0.2, 0) is 0 Å². The first-order valence-electron chi connectivity index (χ1n) is 5.34. The van der Waals surface area contributed by atoms with Gasteiger partial charge in [0.1, 0.15) is 0 Å². The minimum absolute atomic E-state index is 0.653. The van der Waals surface area contributed by atoms with Gasteiger partial charge in [-0.05, 0) is 39.8 Å². The highest BCUT2D eigenvalue weighted by molar-refractivity contribution is 5.31. The molecule has 1 rings (SSSR count). The van der Waals surface area contributed by atoms with E-state index in [1.54, 1.807) is 12.2 Å². The Bertz CT molecular complexity index is 367. The smallest absolute Gasteiger partial charge is 0.0973 e.